The van der Waals surface area contributed by atoms with Crippen molar-refractivity contribution in [3.63, 3.8) is 0 Å². The van der Waals surface area contributed by atoms with Crippen molar-refractivity contribution < 1.29 is 28.6 Å². The lowest BCUT2D eigenvalue weighted by Crippen LogP contribution is -2.30. The summed E-state index contributed by atoms with van der Waals surface area (Å²) in [6.07, 6.45) is 73.3. The summed E-state index contributed by atoms with van der Waals surface area (Å²) in [5, 5.41) is 0. The fourth-order valence-electron chi connectivity index (χ4n) is 6.75. The highest BCUT2D eigenvalue weighted by Gasteiger charge is 2.19. The Kier molecular flexibility index (Phi) is 50.0. The van der Waals surface area contributed by atoms with Gasteiger partial charge in [-0.25, -0.2) is 0 Å². The van der Waals surface area contributed by atoms with E-state index in [1.165, 1.54) is 38.5 Å². The smallest absolute Gasteiger partial charge is 0.306 e. The summed E-state index contributed by atoms with van der Waals surface area (Å²) in [7, 11) is 0. The third kappa shape index (κ3) is 50.8. The maximum Gasteiger partial charge on any atom is 0.306 e. The first-order valence-electron chi connectivity index (χ1n) is 26.5. The van der Waals surface area contributed by atoms with E-state index in [0.717, 1.165) is 135 Å². The summed E-state index contributed by atoms with van der Waals surface area (Å²) in [6.45, 7) is 6.28. The molecule has 0 aromatic heterocycles. The van der Waals surface area contributed by atoms with Gasteiger partial charge in [0.1, 0.15) is 13.2 Å². The summed E-state index contributed by atoms with van der Waals surface area (Å²) in [4.78, 5) is 38.0. The van der Waals surface area contributed by atoms with E-state index in [4.69, 9.17) is 14.2 Å². The van der Waals surface area contributed by atoms with Crippen molar-refractivity contribution in [3.05, 3.63) is 122 Å². The van der Waals surface area contributed by atoms with E-state index in [0.29, 0.717) is 25.7 Å². The highest BCUT2D eigenvalue weighted by Crippen LogP contribution is 2.13. The Balaban J connectivity index is 4.46. The fourth-order valence-corrected chi connectivity index (χ4v) is 6.75. The van der Waals surface area contributed by atoms with Gasteiger partial charge in [0.25, 0.3) is 0 Å². The van der Waals surface area contributed by atoms with Crippen molar-refractivity contribution in [1.29, 1.82) is 0 Å². The number of hydrogen-bond donors (Lipinski definition) is 0. The molecule has 0 fully saturated rings. The van der Waals surface area contributed by atoms with Gasteiger partial charge in [0.15, 0.2) is 6.10 Å². The largest absolute Gasteiger partial charge is 0.462 e. The molecule has 1 unspecified atom stereocenters. The fraction of sp³-hybridized carbons (Fsp3) is 0.617. The van der Waals surface area contributed by atoms with Crippen LogP contribution < -0.4 is 0 Å². The molecule has 6 heteroatoms. The second-order valence-corrected chi connectivity index (χ2v) is 17.0. The van der Waals surface area contributed by atoms with Crippen LogP contribution in [0.25, 0.3) is 0 Å². The zero-order valence-electron chi connectivity index (χ0n) is 42.4. The molecule has 0 aromatic carbocycles. The third-order valence-electron chi connectivity index (χ3n) is 10.7. The molecule has 0 spiro atoms. The van der Waals surface area contributed by atoms with Crippen molar-refractivity contribution in [3.8, 4) is 0 Å². The number of unbranched alkanes of at least 4 members (excludes halogenated alkanes) is 15. The van der Waals surface area contributed by atoms with Crippen molar-refractivity contribution >= 4 is 17.9 Å². The van der Waals surface area contributed by atoms with Gasteiger partial charge in [0.2, 0.25) is 0 Å². The van der Waals surface area contributed by atoms with E-state index < -0.39 is 6.10 Å². The van der Waals surface area contributed by atoms with E-state index >= 15 is 0 Å². The van der Waals surface area contributed by atoms with Crippen LogP contribution in [0.4, 0.5) is 0 Å². The highest BCUT2D eigenvalue weighted by molar-refractivity contribution is 5.71. The third-order valence-corrected chi connectivity index (χ3v) is 10.7. The lowest BCUT2D eigenvalue weighted by Gasteiger charge is -2.18. The Morgan fingerprint density at radius 2 is 0.591 bits per heavy atom. The van der Waals surface area contributed by atoms with Gasteiger partial charge in [-0.1, -0.05) is 200 Å². The number of ether oxygens (including phenoxy) is 3. The first-order valence-corrected chi connectivity index (χ1v) is 26.5. The molecule has 0 saturated heterocycles. The Morgan fingerprint density at radius 1 is 0.318 bits per heavy atom. The molecular formula is C60H96O6. The van der Waals surface area contributed by atoms with Crippen LogP contribution in [0, 0.1) is 0 Å². The molecule has 0 aliphatic carbocycles. The summed E-state index contributed by atoms with van der Waals surface area (Å²) < 4.78 is 16.7. The van der Waals surface area contributed by atoms with Gasteiger partial charge in [-0.05, 0) is 122 Å². The summed E-state index contributed by atoms with van der Waals surface area (Å²) in [6, 6.07) is 0. The van der Waals surface area contributed by atoms with Crippen molar-refractivity contribution in [2.24, 2.45) is 0 Å². The highest BCUT2D eigenvalue weighted by atomic mass is 16.6. The predicted molar refractivity (Wildman–Crippen MR) is 283 cm³/mol. The minimum Gasteiger partial charge on any atom is -0.462 e. The molecule has 1 atom stereocenters. The lowest BCUT2D eigenvalue weighted by molar-refractivity contribution is -0.167. The lowest BCUT2D eigenvalue weighted by atomic mass is 10.1. The molecule has 0 aliphatic heterocycles. The molecule has 0 saturated carbocycles. The molecule has 0 bridgehead atoms. The molecule has 6 nitrogen and oxygen atoms in total. The monoisotopic (exact) mass is 913 g/mol. The van der Waals surface area contributed by atoms with E-state index in [2.05, 4.69) is 142 Å². The molecule has 0 rings (SSSR count). The van der Waals surface area contributed by atoms with Crippen molar-refractivity contribution in [2.45, 2.75) is 226 Å². The van der Waals surface area contributed by atoms with E-state index in [1.54, 1.807) is 0 Å². The SMILES string of the molecule is CC/C=C\C/C=C\C/C=C\C/C=C\C/C=C\C/C=C\CCCCC(=O)OCC(COC(=O)CCCCCCC/C=C\CCC)OC(=O)CCCCCCCCC/C=C\C/C=C\C/C=C\CC. The molecule has 0 heterocycles. The molecule has 0 aromatic rings. The first-order chi connectivity index (χ1) is 32.5. The average molecular weight is 913 g/mol. The van der Waals surface area contributed by atoms with Gasteiger partial charge in [-0.15, -0.1) is 0 Å². The summed E-state index contributed by atoms with van der Waals surface area (Å²) >= 11 is 0. The standard InChI is InChI=1S/C60H96O6/c1-4-7-10-13-16-19-22-24-26-28-29-30-31-33-34-36-38-41-44-47-50-53-59(62)65-56-57(55-64-58(61)52-49-46-43-40-21-18-15-12-9-6-3)66-60(63)54-51-48-45-42-39-37-35-32-27-25-23-20-17-14-11-8-5-2/h7-8,10-12,15-17,19-20,24-27,29-30,33-34,38,41,57H,4-6,9,13-14,18,21-23,28,31-32,35-37,39-40,42-56H2,1-3H3/b10-7-,11-8-,15-12-,19-16-,20-17-,26-24-,27-25-,30-29-,34-33-,41-38-. The maximum atomic E-state index is 12.8. The number of carbonyl (C=O) groups excluding carboxylic acids is 3. The summed E-state index contributed by atoms with van der Waals surface area (Å²) in [5.41, 5.74) is 0. The Labute approximate surface area is 405 Å². The van der Waals surface area contributed by atoms with Gasteiger partial charge >= 0.3 is 17.9 Å². The quantitative estimate of drug-likeness (QED) is 0.0262. The maximum absolute atomic E-state index is 12.8. The first kappa shape index (κ1) is 61.8. The number of hydrogen-bond acceptors (Lipinski definition) is 6. The number of carbonyl (C=O) groups is 3. The molecule has 66 heavy (non-hydrogen) atoms. The number of rotatable bonds is 46. The van der Waals surface area contributed by atoms with E-state index in [1.807, 2.05) is 0 Å². The van der Waals surface area contributed by atoms with Crippen LogP contribution in [0.3, 0.4) is 0 Å². The Morgan fingerprint density at radius 3 is 0.970 bits per heavy atom. The molecule has 0 N–H and O–H groups in total. The van der Waals surface area contributed by atoms with E-state index in [9.17, 15) is 14.4 Å². The Hall–Kier alpha value is -4.19. The van der Waals surface area contributed by atoms with Crippen LogP contribution in [0.15, 0.2) is 122 Å². The van der Waals surface area contributed by atoms with Crippen LogP contribution in [-0.2, 0) is 28.6 Å². The van der Waals surface area contributed by atoms with Crippen molar-refractivity contribution in [1.82, 2.24) is 0 Å². The predicted octanol–water partition coefficient (Wildman–Crippen LogP) is 17.7. The van der Waals surface area contributed by atoms with Crippen molar-refractivity contribution in [2.75, 3.05) is 13.2 Å². The molecule has 0 radical (unpaired) electrons. The average Bonchev–Trinajstić information content (AvgIpc) is 3.31. The van der Waals surface area contributed by atoms with Crippen LogP contribution >= 0.6 is 0 Å². The van der Waals surface area contributed by atoms with Crippen LogP contribution in [-0.4, -0.2) is 37.2 Å². The minimum absolute atomic E-state index is 0.104. The normalized spacial score (nSPS) is 13.1. The second kappa shape index (κ2) is 53.4. The van der Waals surface area contributed by atoms with Gasteiger partial charge in [-0.2, -0.15) is 0 Å². The molecule has 0 aliphatic rings. The van der Waals surface area contributed by atoms with Gasteiger partial charge in [0.05, 0.1) is 0 Å². The number of esters is 3. The van der Waals surface area contributed by atoms with Gasteiger partial charge in [-0.3, -0.25) is 14.4 Å². The summed E-state index contributed by atoms with van der Waals surface area (Å²) in [5.74, 6) is -0.976. The second-order valence-electron chi connectivity index (χ2n) is 17.0. The molecule has 372 valence electrons. The van der Waals surface area contributed by atoms with Gasteiger partial charge < -0.3 is 14.2 Å². The van der Waals surface area contributed by atoms with Crippen LogP contribution in [0.5, 0.6) is 0 Å². The van der Waals surface area contributed by atoms with Gasteiger partial charge in [0, 0.05) is 19.3 Å². The zero-order valence-corrected chi connectivity index (χ0v) is 42.4. The molecular weight excluding hydrogens is 817 g/mol. The van der Waals surface area contributed by atoms with Crippen LogP contribution in [0.1, 0.15) is 220 Å². The Bertz CT molecular complexity index is 1420. The number of allylic oxidation sites excluding steroid dienone is 20. The molecule has 0 amide bonds. The van der Waals surface area contributed by atoms with Crippen LogP contribution in [0.2, 0.25) is 0 Å². The zero-order chi connectivity index (χ0) is 47.9. The topological polar surface area (TPSA) is 78.9 Å². The van der Waals surface area contributed by atoms with E-state index in [-0.39, 0.29) is 31.1 Å². The minimum atomic E-state index is -0.807.